The maximum absolute atomic E-state index is 3.26. The molecule has 2 N–H and O–H groups in total. The van der Waals surface area contributed by atoms with Gasteiger partial charge in [-0.2, -0.15) is 0 Å². The summed E-state index contributed by atoms with van der Waals surface area (Å²) in [7, 11) is 0. The minimum Gasteiger partial charge on any atom is -0.311 e. The summed E-state index contributed by atoms with van der Waals surface area (Å²) in [5, 5.41) is 3.17. The summed E-state index contributed by atoms with van der Waals surface area (Å²) >= 11 is 1.84. The van der Waals surface area contributed by atoms with E-state index in [0.29, 0.717) is 5.41 Å². The Kier molecular flexibility index (Phi) is 1.03. The van der Waals surface area contributed by atoms with Gasteiger partial charge in [0, 0.05) is 30.8 Å². The Morgan fingerprint density at radius 2 is 2.38 bits per heavy atom. The third-order valence-electron chi connectivity index (χ3n) is 1.75. The molecule has 2 aliphatic rings. The Hall–Kier alpha value is 0.270. The van der Waals surface area contributed by atoms with Crippen LogP contribution in [0.3, 0.4) is 0 Å². The van der Waals surface area contributed by atoms with Gasteiger partial charge < -0.3 is 5.32 Å². The van der Waals surface area contributed by atoms with Gasteiger partial charge in [0.05, 0.1) is 0 Å². The summed E-state index contributed by atoms with van der Waals surface area (Å²) in [6.07, 6.45) is 0. The molecule has 45 valence electrons. The predicted octanol–water partition coefficient (Wildman–Crippen LogP) is -0.0108. The lowest BCUT2D eigenvalue weighted by Gasteiger charge is -2.36. The molecule has 2 nitrogen and oxygen atoms in total. The van der Waals surface area contributed by atoms with Crippen LogP contribution in [0.2, 0.25) is 0 Å². The highest BCUT2D eigenvalue weighted by molar-refractivity contribution is 7.97. The molecule has 2 heterocycles. The number of nitrogens with one attached hydrogen (secondary N) is 2. The van der Waals surface area contributed by atoms with Crippen molar-refractivity contribution in [3.63, 3.8) is 0 Å². The van der Waals surface area contributed by atoms with Crippen molar-refractivity contribution in [1.82, 2.24) is 10.0 Å². The minimum absolute atomic E-state index is 0.532. The Labute approximate surface area is 53.5 Å². The van der Waals surface area contributed by atoms with Crippen molar-refractivity contribution >= 4 is 11.9 Å². The van der Waals surface area contributed by atoms with E-state index >= 15 is 0 Å². The quantitative estimate of drug-likeness (QED) is 0.450. The van der Waals surface area contributed by atoms with Gasteiger partial charge >= 0.3 is 0 Å². The van der Waals surface area contributed by atoms with E-state index in [2.05, 4.69) is 16.6 Å². The van der Waals surface area contributed by atoms with Crippen LogP contribution in [0.15, 0.2) is 0 Å². The van der Waals surface area contributed by atoms with Crippen LogP contribution in [0.4, 0.5) is 0 Å². The Bertz CT molecular complexity index is 92.6. The van der Waals surface area contributed by atoms with Crippen LogP contribution in [0.1, 0.15) is 0 Å². The van der Waals surface area contributed by atoms with Crippen molar-refractivity contribution in [2.24, 2.45) is 5.41 Å². The molecule has 0 amide bonds. The maximum Gasteiger partial charge on any atom is 0.0317 e. The van der Waals surface area contributed by atoms with Crippen molar-refractivity contribution in [3.8, 4) is 0 Å². The largest absolute Gasteiger partial charge is 0.311 e. The fourth-order valence-corrected chi connectivity index (χ4v) is 2.10. The molecule has 2 fully saturated rings. The van der Waals surface area contributed by atoms with Crippen LogP contribution in [-0.4, -0.2) is 18.8 Å². The first kappa shape index (κ1) is 5.09. The van der Waals surface area contributed by atoms with Crippen molar-refractivity contribution < 1.29 is 0 Å². The maximum atomic E-state index is 3.26. The van der Waals surface area contributed by atoms with E-state index in [1.54, 1.807) is 0 Å². The van der Waals surface area contributed by atoms with Crippen molar-refractivity contribution in [1.29, 1.82) is 0 Å². The van der Waals surface area contributed by atoms with Crippen LogP contribution in [0.25, 0.3) is 0 Å². The molecule has 3 heteroatoms. The van der Waals surface area contributed by atoms with Crippen molar-refractivity contribution in [3.05, 3.63) is 6.54 Å². The molecule has 2 rings (SSSR count). The van der Waals surface area contributed by atoms with Gasteiger partial charge in [-0.15, -0.1) is 0 Å². The average Bonchev–Trinajstić information content (AvgIpc) is 2.07. The molecule has 1 unspecified atom stereocenters. The van der Waals surface area contributed by atoms with Gasteiger partial charge in [0.15, 0.2) is 0 Å². The molecule has 0 aliphatic carbocycles. The zero-order valence-electron chi connectivity index (χ0n) is 4.61. The summed E-state index contributed by atoms with van der Waals surface area (Å²) in [5.74, 6) is 1.25. The van der Waals surface area contributed by atoms with E-state index < -0.39 is 0 Å². The van der Waals surface area contributed by atoms with Gasteiger partial charge in [0.2, 0.25) is 0 Å². The molecule has 2 saturated heterocycles. The average molecular weight is 129 g/mol. The second kappa shape index (κ2) is 1.62. The summed E-state index contributed by atoms with van der Waals surface area (Å²) in [4.78, 5) is 0. The van der Waals surface area contributed by atoms with Gasteiger partial charge in [-0.25, -0.2) is 0 Å². The molecule has 2 aliphatic heterocycles. The van der Waals surface area contributed by atoms with Gasteiger partial charge in [0.1, 0.15) is 0 Å². The second-order valence-electron chi connectivity index (χ2n) is 2.50. The molecule has 1 spiro atoms. The second-order valence-corrected chi connectivity index (χ2v) is 3.36. The molecule has 8 heavy (non-hydrogen) atoms. The first-order valence-electron chi connectivity index (χ1n) is 2.84. The highest BCUT2D eigenvalue weighted by atomic mass is 32.2. The van der Waals surface area contributed by atoms with E-state index in [0.717, 1.165) is 6.54 Å². The van der Waals surface area contributed by atoms with E-state index in [-0.39, 0.29) is 0 Å². The van der Waals surface area contributed by atoms with Crippen LogP contribution < -0.4 is 10.0 Å². The van der Waals surface area contributed by atoms with Gasteiger partial charge in [-0.3, -0.25) is 4.72 Å². The Morgan fingerprint density at radius 3 is 2.62 bits per heavy atom. The minimum atomic E-state index is 0.532. The van der Waals surface area contributed by atoms with E-state index in [9.17, 15) is 0 Å². The molecule has 0 bridgehead atoms. The predicted molar refractivity (Wildman–Crippen MR) is 35.2 cm³/mol. The van der Waals surface area contributed by atoms with Crippen LogP contribution >= 0.6 is 11.9 Å². The lowest BCUT2D eigenvalue weighted by atomic mass is 9.84. The normalized spacial score (nSPS) is 33.0. The zero-order valence-corrected chi connectivity index (χ0v) is 5.42. The lowest BCUT2D eigenvalue weighted by Crippen LogP contribution is -2.51. The highest BCUT2D eigenvalue weighted by Gasteiger charge is 2.40. The molecule has 1 atom stereocenters. The summed E-state index contributed by atoms with van der Waals surface area (Å²) in [5.41, 5.74) is 0.532. The molecule has 0 aromatic rings. The SMILES string of the molecule is [CH]1NCC12CNSC2. The first-order valence-corrected chi connectivity index (χ1v) is 3.82. The van der Waals surface area contributed by atoms with Gasteiger partial charge in [-0.05, 0) is 0 Å². The zero-order chi connectivity index (χ0) is 5.45. The monoisotopic (exact) mass is 129 g/mol. The molecule has 1 radical (unpaired) electrons. The van der Waals surface area contributed by atoms with Gasteiger partial charge in [-0.1, -0.05) is 11.9 Å². The van der Waals surface area contributed by atoms with Crippen molar-refractivity contribution in [2.45, 2.75) is 0 Å². The first-order chi connectivity index (χ1) is 3.91. The highest BCUT2D eigenvalue weighted by Crippen LogP contribution is 2.34. The van der Waals surface area contributed by atoms with E-state index in [1.807, 2.05) is 11.9 Å². The van der Waals surface area contributed by atoms with E-state index in [4.69, 9.17) is 0 Å². The summed E-state index contributed by atoms with van der Waals surface area (Å²) in [6.45, 7) is 4.54. The molecule has 0 saturated carbocycles. The molecule has 0 aromatic carbocycles. The topological polar surface area (TPSA) is 24.1 Å². The number of hydrogen-bond donors (Lipinski definition) is 2. The summed E-state index contributed by atoms with van der Waals surface area (Å²) in [6, 6.07) is 0. The van der Waals surface area contributed by atoms with Crippen LogP contribution in [0.5, 0.6) is 0 Å². The Balaban J connectivity index is 2.01. The van der Waals surface area contributed by atoms with E-state index in [1.165, 1.54) is 12.3 Å². The molecular weight excluding hydrogens is 120 g/mol. The Morgan fingerprint density at radius 1 is 1.50 bits per heavy atom. The molecule has 0 aromatic heterocycles. The standard InChI is InChI=1S/C5H9N2S/c1-5(2-6-1)3-7-8-4-5/h1,6-7H,2-4H2. The third-order valence-corrected chi connectivity index (χ3v) is 2.82. The van der Waals surface area contributed by atoms with Crippen LogP contribution in [-0.2, 0) is 0 Å². The number of hydrogen-bond acceptors (Lipinski definition) is 3. The number of rotatable bonds is 0. The lowest BCUT2D eigenvalue weighted by molar-refractivity contribution is 0.286. The molecular formula is C5H9N2S. The fraction of sp³-hybridized carbons (Fsp3) is 0.800. The third kappa shape index (κ3) is 0.584. The summed E-state index contributed by atoms with van der Waals surface area (Å²) < 4.78 is 3.26. The van der Waals surface area contributed by atoms with Crippen molar-refractivity contribution in [2.75, 3.05) is 18.8 Å². The van der Waals surface area contributed by atoms with Crippen LogP contribution in [0, 0.1) is 12.0 Å². The fourth-order valence-electron chi connectivity index (χ4n) is 1.04. The van der Waals surface area contributed by atoms with Gasteiger partial charge in [0.25, 0.3) is 0 Å². The smallest absolute Gasteiger partial charge is 0.0317 e.